The highest BCUT2D eigenvalue weighted by molar-refractivity contribution is 5.86. The van der Waals surface area contributed by atoms with E-state index >= 15 is 0 Å². The first-order chi connectivity index (χ1) is 15.1. The van der Waals surface area contributed by atoms with Gasteiger partial charge in [0.1, 0.15) is 11.7 Å². The van der Waals surface area contributed by atoms with Crippen LogP contribution in [0.15, 0.2) is 42.5 Å². The number of benzene rings is 2. The second-order valence-electron chi connectivity index (χ2n) is 10.3. The molecule has 3 unspecified atom stereocenters. The fourth-order valence-electron chi connectivity index (χ4n) is 6.78. The highest BCUT2D eigenvalue weighted by atomic mass is 19.3. The maximum atomic E-state index is 13.6. The highest BCUT2D eigenvalue weighted by Gasteiger charge is 2.63. The minimum Gasteiger partial charge on any atom is -0.457 e. The van der Waals surface area contributed by atoms with Gasteiger partial charge in [0, 0.05) is 13.3 Å². The number of ether oxygens (including phenoxy) is 2. The Hall–Kier alpha value is -2.50. The molecule has 0 aliphatic heterocycles. The Labute approximate surface area is 186 Å². The predicted molar refractivity (Wildman–Crippen MR) is 115 cm³/mol. The average Bonchev–Trinajstić information content (AvgIpc) is 2.71. The van der Waals surface area contributed by atoms with E-state index in [2.05, 4.69) is 0 Å². The van der Waals surface area contributed by atoms with Crippen LogP contribution in [0.3, 0.4) is 0 Å². The topological polar surface area (TPSA) is 52.6 Å². The minimum atomic E-state index is -3.54. The van der Waals surface area contributed by atoms with Crippen molar-refractivity contribution < 1.29 is 27.8 Å². The lowest BCUT2D eigenvalue weighted by atomic mass is 9.48. The van der Waals surface area contributed by atoms with Crippen molar-refractivity contribution in [2.45, 2.75) is 70.0 Å². The van der Waals surface area contributed by atoms with Gasteiger partial charge in [-0.3, -0.25) is 4.79 Å². The molecule has 32 heavy (non-hydrogen) atoms. The van der Waals surface area contributed by atoms with Crippen molar-refractivity contribution in [3.8, 4) is 0 Å². The van der Waals surface area contributed by atoms with E-state index in [0.717, 1.165) is 22.8 Å². The van der Waals surface area contributed by atoms with Gasteiger partial charge < -0.3 is 9.47 Å². The lowest BCUT2D eigenvalue weighted by Crippen LogP contribution is -2.60. The summed E-state index contributed by atoms with van der Waals surface area (Å²) in [7, 11) is 0. The number of fused-ring (bicyclic) bond motifs is 1. The van der Waals surface area contributed by atoms with Gasteiger partial charge >= 0.3 is 17.9 Å². The van der Waals surface area contributed by atoms with Crippen molar-refractivity contribution in [1.82, 2.24) is 0 Å². The van der Waals surface area contributed by atoms with E-state index in [1.165, 1.54) is 0 Å². The Bertz CT molecular complexity index is 1050. The number of carbonyl (C=O) groups excluding carboxylic acids is 2. The molecule has 4 aliphatic carbocycles. The normalized spacial score (nSPS) is 32.0. The molecule has 4 aliphatic rings. The van der Waals surface area contributed by atoms with Crippen LogP contribution in [0.2, 0.25) is 0 Å². The zero-order chi connectivity index (χ0) is 22.7. The van der Waals surface area contributed by atoms with E-state index in [4.69, 9.17) is 9.47 Å². The number of alkyl halides is 2. The number of halogens is 2. The molecule has 4 bridgehead atoms. The number of rotatable bonds is 5. The van der Waals surface area contributed by atoms with Crippen LogP contribution < -0.4 is 0 Å². The Morgan fingerprint density at radius 2 is 1.69 bits per heavy atom. The molecule has 0 N–H and O–H groups in total. The molecule has 170 valence electrons. The third-order valence-electron chi connectivity index (χ3n) is 7.65. The molecule has 0 amide bonds. The second-order valence-corrected chi connectivity index (χ2v) is 10.3. The van der Waals surface area contributed by atoms with Crippen LogP contribution in [0.1, 0.15) is 64.0 Å². The lowest BCUT2D eigenvalue weighted by molar-refractivity contribution is -0.226. The Kier molecular flexibility index (Phi) is 4.84. The second kappa shape index (κ2) is 7.26. The van der Waals surface area contributed by atoms with Gasteiger partial charge in [-0.1, -0.05) is 42.5 Å². The summed E-state index contributed by atoms with van der Waals surface area (Å²) in [6, 6.07) is 13.9. The summed E-state index contributed by atoms with van der Waals surface area (Å²) in [6.07, 6.45) is 3.24. The van der Waals surface area contributed by atoms with Gasteiger partial charge in [-0.2, -0.15) is 8.78 Å². The van der Waals surface area contributed by atoms with E-state index in [1.54, 1.807) is 0 Å². The molecular weight excluding hydrogens is 414 g/mol. The molecule has 2 aromatic carbocycles. The fourth-order valence-corrected chi connectivity index (χ4v) is 6.78. The maximum Gasteiger partial charge on any atom is 0.377 e. The average molecular weight is 443 g/mol. The van der Waals surface area contributed by atoms with E-state index in [1.807, 2.05) is 49.4 Å². The predicted octanol–water partition coefficient (Wildman–Crippen LogP) is 5.98. The SMILES string of the molecule is CC(OC(=O)C12CC3CC(CC(OC(=O)C(C)(F)F)(C3)C1)C2)c1cccc2ccccc12. The maximum absolute atomic E-state index is 13.6. The first-order valence-electron chi connectivity index (χ1n) is 11.4. The van der Waals surface area contributed by atoms with Crippen molar-refractivity contribution in [1.29, 1.82) is 0 Å². The van der Waals surface area contributed by atoms with Crippen LogP contribution in [-0.4, -0.2) is 23.5 Å². The smallest absolute Gasteiger partial charge is 0.377 e. The summed E-state index contributed by atoms with van der Waals surface area (Å²) in [4.78, 5) is 25.6. The minimum absolute atomic E-state index is 0.190. The summed E-state index contributed by atoms with van der Waals surface area (Å²) >= 11 is 0. The van der Waals surface area contributed by atoms with Crippen LogP contribution in [0, 0.1) is 17.3 Å². The van der Waals surface area contributed by atoms with E-state index in [0.29, 0.717) is 32.6 Å². The molecule has 0 spiro atoms. The number of carbonyl (C=O) groups is 2. The molecule has 0 heterocycles. The van der Waals surface area contributed by atoms with Crippen LogP contribution >= 0.6 is 0 Å². The van der Waals surface area contributed by atoms with Crippen molar-refractivity contribution in [2.24, 2.45) is 17.3 Å². The molecule has 6 heteroatoms. The molecule has 4 saturated carbocycles. The molecule has 3 atom stereocenters. The van der Waals surface area contributed by atoms with Crippen LogP contribution in [0.4, 0.5) is 8.78 Å². The molecule has 6 rings (SSSR count). The van der Waals surface area contributed by atoms with Crippen LogP contribution in [0.25, 0.3) is 10.8 Å². The Morgan fingerprint density at radius 1 is 1.03 bits per heavy atom. The van der Waals surface area contributed by atoms with Gasteiger partial charge in [-0.25, -0.2) is 4.79 Å². The lowest BCUT2D eigenvalue weighted by Gasteiger charge is -2.59. The molecule has 0 radical (unpaired) electrons. The quantitative estimate of drug-likeness (QED) is 0.535. The number of hydrogen-bond acceptors (Lipinski definition) is 4. The number of hydrogen-bond donors (Lipinski definition) is 0. The largest absolute Gasteiger partial charge is 0.457 e. The molecule has 0 aromatic heterocycles. The zero-order valence-corrected chi connectivity index (χ0v) is 18.4. The summed E-state index contributed by atoms with van der Waals surface area (Å²) in [6.45, 7) is 2.43. The van der Waals surface area contributed by atoms with Crippen molar-refractivity contribution >= 4 is 22.7 Å². The first kappa shape index (κ1) is 21.4. The molecule has 0 saturated heterocycles. The van der Waals surface area contributed by atoms with Gasteiger partial charge in [0.25, 0.3) is 0 Å². The zero-order valence-electron chi connectivity index (χ0n) is 18.4. The van der Waals surface area contributed by atoms with Gasteiger partial charge in [-0.05, 0) is 67.2 Å². The van der Waals surface area contributed by atoms with Gasteiger partial charge in [0.15, 0.2) is 0 Å². The molecular formula is C26H28F2O4. The standard InChI is InChI=1S/C26H28F2O4/c1-16(20-9-5-7-19-6-3-4-8-21(19)20)31-23(30)25-11-17-10-18(12-25)14-26(13-17,15-25)32-22(29)24(2,27)28/h3-9,16-18H,10-15H2,1-2H3. The fraction of sp³-hybridized carbons (Fsp3) is 0.538. The molecule has 4 fully saturated rings. The van der Waals surface area contributed by atoms with Crippen LogP contribution in [0.5, 0.6) is 0 Å². The number of esters is 2. The molecule has 2 aromatic rings. The summed E-state index contributed by atoms with van der Waals surface area (Å²) < 4.78 is 38.6. The highest BCUT2D eigenvalue weighted by Crippen LogP contribution is 2.63. The van der Waals surface area contributed by atoms with Gasteiger partial charge in [-0.15, -0.1) is 0 Å². The van der Waals surface area contributed by atoms with Crippen molar-refractivity contribution in [2.75, 3.05) is 0 Å². The van der Waals surface area contributed by atoms with E-state index in [-0.39, 0.29) is 24.2 Å². The summed E-state index contributed by atoms with van der Waals surface area (Å²) in [5, 5.41) is 2.12. The van der Waals surface area contributed by atoms with E-state index in [9.17, 15) is 18.4 Å². The summed E-state index contributed by atoms with van der Waals surface area (Å²) in [5.74, 6) is -4.95. The third kappa shape index (κ3) is 3.57. The first-order valence-corrected chi connectivity index (χ1v) is 11.4. The Balaban J connectivity index is 1.39. The van der Waals surface area contributed by atoms with Gasteiger partial charge in [0.2, 0.25) is 0 Å². The van der Waals surface area contributed by atoms with Crippen molar-refractivity contribution in [3.05, 3.63) is 48.0 Å². The Morgan fingerprint density at radius 3 is 2.38 bits per heavy atom. The van der Waals surface area contributed by atoms with Gasteiger partial charge in [0.05, 0.1) is 5.41 Å². The van der Waals surface area contributed by atoms with E-state index < -0.39 is 29.0 Å². The third-order valence-corrected chi connectivity index (χ3v) is 7.65. The van der Waals surface area contributed by atoms with Crippen LogP contribution in [-0.2, 0) is 19.1 Å². The van der Waals surface area contributed by atoms with Crippen molar-refractivity contribution in [3.63, 3.8) is 0 Å². The monoisotopic (exact) mass is 442 g/mol. The summed E-state index contributed by atoms with van der Waals surface area (Å²) in [5.41, 5.74) is -0.818. The molecule has 4 nitrogen and oxygen atoms in total.